The lowest BCUT2D eigenvalue weighted by molar-refractivity contribution is -0.116. The number of carbonyl (C=O) groups excluding carboxylic acids is 1. The van der Waals surface area contributed by atoms with Crippen LogP contribution < -0.4 is 10.5 Å². The van der Waals surface area contributed by atoms with Crippen molar-refractivity contribution in [3.05, 3.63) is 52.6 Å². The molecule has 23 heavy (non-hydrogen) atoms. The van der Waals surface area contributed by atoms with Crippen LogP contribution in [0, 0.1) is 11.3 Å². The third kappa shape index (κ3) is 2.57. The molecule has 2 aliphatic rings. The molecular weight excluding hydrogens is 292 g/mol. The van der Waals surface area contributed by atoms with Crippen LogP contribution in [0.15, 0.2) is 47.1 Å². The largest absolute Gasteiger partial charge is 0.494 e. The molecule has 0 aromatic heterocycles. The van der Waals surface area contributed by atoms with Gasteiger partial charge in [0.15, 0.2) is 5.78 Å². The van der Waals surface area contributed by atoms with Gasteiger partial charge in [-0.05, 0) is 19.4 Å². The quantitative estimate of drug-likeness (QED) is 0.927. The average Bonchev–Trinajstić information content (AvgIpc) is 2.55. The van der Waals surface area contributed by atoms with Crippen LogP contribution in [0.1, 0.15) is 37.7 Å². The summed E-state index contributed by atoms with van der Waals surface area (Å²) in [6.45, 7) is 2.40. The summed E-state index contributed by atoms with van der Waals surface area (Å²) < 4.78 is 11.3. The van der Waals surface area contributed by atoms with Gasteiger partial charge in [0.05, 0.1) is 12.5 Å². The number of para-hydroxylation sites is 1. The van der Waals surface area contributed by atoms with Crippen molar-refractivity contribution in [3.8, 4) is 11.8 Å². The van der Waals surface area contributed by atoms with E-state index in [1.807, 2.05) is 31.2 Å². The Kier molecular flexibility index (Phi) is 4.07. The normalized spacial score (nSPS) is 20.7. The van der Waals surface area contributed by atoms with Crippen LogP contribution in [0.25, 0.3) is 0 Å². The van der Waals surface area contributed by atoms with Gasteiger partial charge in [-0.15, -0.1) is 0 Å². The molecule has 0 saturated carbocycles. The van der Waals surface area contributed by atoms with E-state index >= 15 is 0 Å². The lowest BCUT2D eigenvalue weighted by Gasteiger charge is -2.31. The molecule has 1 aromatic carbocycles. The summed E-state index contributed by atoms with van der Waals surface area (Å²) in [6.07, 6.45) is 1.87. The van der Waals surface area contributed by atoms with Crippen molar-refractivity contribution in [3.63, 3.8) is 0 Å². The van der Waals surface area contributed by atoms with Gasteiger partial charge < -0.3 is 15.2 Å². The molecule has 1 aliphatic heterocycles. The fraction of sp³-hybridized carbons (Fsp3) is 0.333. The van der Waals surface area contributed by atoms with Crippen molar-refractivity contribution in [2.75, 3.05) is 6.61 Å². The van der Waals surface area contributed by atoms with Gasteiger partial charge in [0.1, 0.15) is 23.2 Å². The summed E-state index contributed by atoms with van der Waals surface area (Å²) in [6, 6.07) is 9.56. The van der Waals surface area contributed by atoms with Crippen LogP contribution in [-0.4, -0.2) is 12.4 Å². The minimum Gasteiger partial charge on any atom is -0.494 e. The van der Waals surface area contributed by atoms with E-state index in [0.29, 0.717) is 36.5 Å². The Morgan fingerprint density at radius 1 is 1.39 bits per heavy atom. The molecule has 0 bridgehead atoms. The van der Waals surface area contributed by atoms with E-state index in [-0.39, 0.29) is 17.2 Å². The predicted octanol–water partition coefficient (Wildman–Crippen LogP) is 2.90. The first kappa shape index (κ1) is 15.2. The van der Waals surface area contributed by atoms with Gasteiger partial charge in [0, 0.05) is 24.0 Å². The summed E-state index contributed by atoms with van der Waals surface area (Å²) in [4.78, 5) is 12.5. The van der Waals surface area contributed by atoms with Crippen molar-refractivity contribution >= 4 is 5.78 Å². The minimum absolute atomic E-state index is 0.0165. The molecule has 1 heterocycles. The second-order valence-electron chi connectivity index (χ2n) is 5.51. The molecule has 0 radical (unpaired) electrons. The van der Waals surface area contributed by atoms with Gasteiger partial charge in [-0.1, -0.05) is 18.2 Å². The standard InChI is InChI=1S/C18H18N2O3/c1-2-22-14-8-4-3-6-11(14)16-12(10-19)18(20)23-15-9-5-7-13(21)17(15)16/h3-4,6,8,16H,2,5,7,9,20H2,1H3. The molecule has 1 aromatic rings. The van der Waals surface area contributed by atoms with E-state index in [1.54, 1.807) is 0 Å². The van der Waals surface area contributed by atoms with Gasteiger partial charge in [0.2, 0.25) is 5.88 Å². The summed E-state index contributed by atoms with van der Waals surface area (Å²) in [5.74, 6) is 0.834. The minimum atomic E-state index is -0.515. The first-order valence-electron chi connectivity index (χ1n) is 7.73. The monoisotopic (exact) mass is 310 g/mol. The number of allylic oxidation sites excluding steroid dienone is 3. The van der Waals surface area contributed by atoms with Crippen molar-refractivity contribution < 1.29 is 14.3 Å². The molecule has 5 nitrogen and oxygen atoms in total. The van der Waals surface area contributed by atoms with Crippen LogP contribution in [0.5, 0.6) is 5.75 Å². The van der Waals surface area contributed by atoms with E-state index in [4.69, 9.17) is 15.2 Å². The van der Waals surface area contributed by atoms with E-state index in [9.17, 15) is 10.1 Å². The van der Waals surface area contributed by atoms with Crippen molar-refractivity contribution in [1.29, 1.82) is 5.26 Å². The third-order valence-corrected chi connectivity index (χ3v) is 4.13. The van der Waals surface area contributed by atoms with E-state index < -0.39 is 5.92 Å². The number of hydrogen-bond acceptors (Lipinski definition) is 5. The molecule has 1 unspecified atom stereocenters. The number of ketones is 1. The highest BCUT2D eigenvalue weighted by Gasteiger charge is 2.39. The zero-order valence-corrected chi connectivity index (χ0v) is 13.0. The number of nitrogens with two attached hydrogens (primary N) is 1. The Morgan fingerprint density at radius 2 is 2.17 bits per heavy atom. The first-order valence-corrected chi connectivity index (χ1v) is 7.73. The van der Waals surface area contributed by atoms with E-state index in [0.717, 1.165) is 12.0 Å². The van der Waals surface area contributed by atoms with Gasteiger partial charge in [-0.3, -0.25) is 4.79 Å². The highest BCUT2D eigenvalue weighted by molar-refractivity contribution is 5.99. The Labute approximate surface area is 135 Å². The topological polar surface area (TPSA) is 85.3 Å². The maximum atomic E-state index is 12.5. The molecule has 0 fully saturated rings. The fourth-order valence-electron chi connectivity index (χ4n) is 3.17. The fourth-order valence-corrected chi connectivity index (χ4v) is 3.17. The van der Waals surface area contributed by atoms with Gasteiger partial charge >= 0.3 is 0 Å². The molecule has 3 rings (SSSR count). The lowest BCUT2D eigenvalue weighted by Crippen LogP contribution is -2.27. The summed E-state index contributed by atoms with van der Waals surface area (Å²) in [5, 5.41) is 9.55. The molecule has 1 aliphatic carbocycles. The Hall–Kier alpha value is -2.74. The number of benzene rings is 1. The molecule has 0 saturated heterocycles. The van der Waals surface area contributed by atoms with Crippen LogP contribution in [0.2, 0.25) is 0 Å². The number of ether oxygens (including phenoxy) is 2. The van der Waals surface area contributed by atoms with Crippen LogP contribution in [0.3, 0.4) is 0 Å². The van der Waals surface area contributed by atoms with Crippen molar-refractivity contribution in [2.24, 2.45) is 5.73 Å². The zero-order valence-electron chi connectivity index (χ0n) is 13.0. The van der Waals surface area contributed by atoms with Crippen molar-refractivity contribution in [2.45, 2.75) is 32.1 Å². The molecule has 0 amide bonds. The summed E-state index contributed by atoms with van der Waals surface area (Å²) in [5.41, 5.74) is 7.54. The summed E-state index contributed by atoms with van der Waals surface area (Å²) >= 11 is 0. The molecule has 0 spiro atoms. The third-order valence-electron chi connectivity index (χ3n) is 4.13. The molecule has 2 N–H and O–H groups in total. The highest BCUT2D eigenvalue weighted by Crippen LogP contribution is 2.45. The molecule has 118 valence electrons. The predicted molar refractivity (Wildman–Crippen MR) is 84.1 cm³/mol. The molecule has 5 heteroatoms. The Balaban J connectivity index is 2.20. The Morgan fingerprint density at radius 3 is 2.91 bits per heavy atom. The van der Waals surface area contributed by atoms with Gasteiger partial charge in [-0.2, -0.15) is 5.26 Å². The van der Waals surface area contributed by atoms with Crippen molar-refractivity contribution in [1.82, 2.24) is 0 Å². The maximum absolute atomic E-state index is 12.5. The van der Waals surface area contributed by atoms with Crippen LogP contribution in [-0.2, 0) is 9.53 Å². The number of nitrogens with zero attached hydrogens (tertiary/aromatic N) is 1. The maximum Gasteiger partial charge on any atom is 0.205 e. The molecule has 1 atom stereocenters. The number of carbonyl (C=O) groups is 1. The van der Waals surface area contributed by atoms with E-state index in [2.05, 4.69) is 6.07 Å². The smallest absolute Gasteiger partial charge is 0.205 e. The van der Waals surface area contributed by atoms with Gasteiger partial charge in [0.25, 0.3) is 0 Å². The average molecular weight is 310 g/mol. The zero-order chi connectivity index (χ0) is 16.4. The van der Waals surface area contributed by atoms with Crippen LogP contribution in [0.4, 0.5) is 0 Å². The number of Topliss-reactive ketones (excluding diaryl/α,β-unsaturated/α-hetero) is 1. The number of nitriles is 1. The van der Waals surface area contributed by atoms with E-state index in [1.165, 1.54) is 0 Å². The lowest BCUT2D eigenvalue weighted by atomic mass is 9.77. The molecular formula is C18H18N2O3. The van der Waals surface area contributed by atoms with Crippen LogP contribution >= 0.6 is 0 Å². The second kappa shape index (κ2) is 6.17. The first-order chi connectivity index (χ1) is 11.2. The SMILES string of the molecule is CCOc1ccccc1C1C(C#N)=C(N)OC2=C1C(=O)CCC2. The Bertz CT molecular complexity index is 756. The second-order valence-corrected chi connectivity index (χ2v) is 5.51. The van der Waals surface area contributed by atoms with Gasteiger partial charge in [-0.25, -0.2) is 0 Å². The number of hydrogen-bond donors (Lipinski definition) is 1. The summed E-state index contributed by atoms with van der Waals surface area (Å²) in [7, 11) is 0. The number of rotatable bonds is 3. The highest BCUT2D eigenvalue weighted by atomic mass is 16.5.